The lowest BCUT2D eigenvalue weighted by Gasteiger charge is -2.19. The van der Waals surface area contributed by atoms with Crippen molar-refractivity contribution < 1.29 is 14.7 Å². The molecule has 1 aromatic heterocycles. The maximum atomic E-state index is 13.6. The van der Waals surface area contributed by atoms with Gasteiger partial charge in [-0.1, -0.05) is 81.4 Å². The quantitative estimate of drug-likeness (QED) is 0.286. The Labute approximate surface area is 196 Å². The highest BCUT2D eigenvalue weighted by molar-refractivity contribution is 7.00. The molecule has 33 heavy (non-hydrogen) atoms. The third kappa shape index (κ3) is 4.91. The third-order valence-electron chi connectivity index (χ3n) is 5.57. The summed E-state index contributed by atoms with van der Waals surface area (Å²) in [6.45, 7) is 6.41. The van der Waals surface area contributed by atoms with Crippen LogP contribution in [0, 0.1) is 0 Å². The molecule has 3 aromatic carbocycles. The highest BCUT2D eigenvalue weighted by atomic mass is 32.1. The molecule has 0 atom stereocenters. The van der Waals surface area contributed by atoms with Crippen LogP contribution < -0.4 is 0 Å². The van der Waals surface area contributed by atoms with Crippen LogP contribution in [0.1, 0.15) is 47.8 Å². The zero-order valence-electron chi connectivity index (χ0n) is 18.7. The molecular formula is C27H24N2O3S. The fraction of sp³-hybridized carbons (Fsp3) is 0.185. The van der Waals surface area contributed by atoms with Gasteiger partial charge in [0.2, 0.25) is 0 Å². The predicted octanol–water partition coefficient (Wildman–Crippen LogP) is 5.95. The van der Waals surface area contributed by atoms with Gasteiger partial charge >= 0.3 is 5.97 Å². The first-order valence-electron chi connectivity index (χ1n) is 10.6. The van der Waals surface area contributed by atoms with Crippen LogP contribution >= 0.6 is 11.7 Å². The van der Waals surface area contributed by atoms with Gasteiger partial charge in [-0.25, -0.2) is 4.79 Å². The van der Waals surface area contributed by atoms with E-state index in [1.54, 1.807) is 42.5 Å². The van der Waals surface area contributed by atoms with Crippen molar-refractivity contribution in [2.45, 2.75) is 32.6 Å². The van der Waals surface area contributed by atoms with Gasteiger partial charge < -0.3 is 5.11 Å². The molecular weight excluding hydrogens is 432 g/mol. The number of carboxylic acid groups (broad SMARTS) is 1. The smallest absolute Gasteiger partial charge is 0.336 e. The number of allylic oxidation sites excluding steroid dienone is 1. The number of ketones is 1. The topological polar surface area (TPSA) is 80.2 Å². The van der Waals surface area contributed by atoms with Gasteiger partial charge in [0.05, 0.1) is 17.3 Å². The summed E-state index contributed by atoms with van der Waals surface area (Å²) in [4.78, 5) is 26.0. The number of benzene rings is 3. The molecule has 4 aromatic rings. The van der Waals surface area contributed by atoms with Gasteiger partial charge in [-0.05, 0) is 34.2 Å². The highest BCUT2D eigenvalue weighted by Gasteiger charge is 2.24. The zero-order valence-corrected chi connectivity index (χ0v) is 19.5. The van der Waals surface area contributed by atoms with Gasteiger partial charge in [0, 0.05) is 17.6 Å². The third-order valence-corrected chi connectivity index (χ3v) is 6.13. The van der Waals surface area contributed by atoms with E-state index in [0.29, 0.717) is 22.2 Å². The Kier molecular flexibility index (Phi) is 6.20. The van der Waals surface area contributed by atoms with Crippen molar-refractivity contribution in [3.63, 3.8) is 0 Å². The highest BCUT2D eigenvalue weighted by Crippen LogP contribution is 2.29. The molecule has 0 bridgehead atoms. The SMILES string of the molecule is CC(C)(C)c1ccc(CC(C(=O)c2ccccc2)=C(C(=O)O)c2ccc3nsnc3c2)cc1. The van der Waals surface area contributed by atoms with Gasteiger partial charge in [0.25, 0.3) is 0 Å². The lowest BCUT2D eigenvalue weighted by Crippen LogP contribution is -2.14. The Morgan fingerprint density at radius 3 is 2.15 bits per heavy atom. The van der Waals surface area contributed by atoms with Crippen molar-refractivity contribution in [2.24, 2.45) is 0 Å². The summed E-state index contributed by atoms with van der Waals surface area (Å²) < 4.78 is 8.42. The van der Waals surface area contributed by atoms with E-state index in [4.69, 9.17) is 0 Å². The number of Topliss-reactive ketones (excluding diaryl/α,β-unsaturated/α-hetero) is 1. The summed E-state index contributed by atoms with van der Waals surface area (Å²) in [6.07, 6.45) is 0.202. The molecule has 0 aliphatic carbocycles. The molecule has 0 radical (unpaired) electrons. The monoisotopic (exact) mass is 456 g/mol. The summed E-state index contributed by atoms with van der Waals surface area (Å²) in [7, 11) is 0. The van der Waals surface area contributed by atoms with Crippen LogP contribution in [-0.4, -0.2) is 25.6 Å². The molecule has 5 nitrogen and oxygen atoms in total. The van der Waals surface area contributed by atoms with E-state index >= 15 is 0 Å². The maximum absolute atomic E-state index is 13.6. The first-order chi connectivity index (χ1) is 15.7. The van der Waals surface area contributed by atoms with E-state index in [1.807, 2.05) is 30.3 Å². The van der Waals surface area contributed by atoms with Crippen molar-refractivity contribution >= 4 is 40.1 Å². The molecule has 0 fully saturated rings. The molecule has 0 saturated heterocycles. The number of hydrogen-bond donors (Lipinski definition) is 1. The minimum absolute atomic E-state index is 0.000262. The molecule has 0 aliphatic rings. The van der Waals surface area contributed by atoms with Crippen molar-refractivity contribution in [3.05, 3.63) is 101 Å². The molecule has 1 N–H and O–H groups in total. The molecule has 0 aliphatic heterocycles. The minimum Gasteiger partial charge on any atom is -0.478 e. The molecule has 1 heterocycles. The Hall–Kier alpha value is -3.64. The van der Waals surface area contributed by atoms with Gasteiger partial charge in [-0.15, -0.1) is 0 Å². The van der Waals surface area contributed by atoms with Crippen LogP contribution in [-0.2, 0) is 16.6 Å². The summed E-state index contributed by atoms with van der Waals surface area (Å²) in [5, 5.41) is 10.2. The summed E-state index contributed by atoms with van der Waals surface area (Å²) in [6, 6.07) is 21.9. The van der Waals surface area contributed by atoms with Gasteiger partial charge in [-0.2, -0.15) is 8.75 Å². The fourth-order valence-electron chi connectivity index (χ4n) is 3.74. The van der Waals surface area contributed by atoms with Crippen LogP contribution in [0.4, 0.5) is 0 Å². The van der Waals surface area contributed by atoms with Crippen LogP contribution in [0.5, 0.6) is 0 Å². The summed E-state index contributed by atoms with van der Waals surface area (Å²) >= 11 is 1.07. The van der Waals surface area contributed by atoms with E-state index in [-0.39, 0.29) is 28.8 Å². The number of rotatable bonds is 6. The number of carbonyl (C=O) groups is 2. The van der Waals surface area contributed by atoms with E-state index in [2.05, 4.69) is 29.5 Å². The second-order valence-corrected chi connectivity index (χ2v) is 9.47. The molecule has 166 valence electrons. The molecule has 0 saturated carbocycles. The van der Waals surface area contributed by atoms with Crippen LogP contribution in [0.25, 0.3) is 16.6 Å². The number of fused-ring (bicyclic) bond motifs is 1. The van der Waals surface area contributed by atoms with Crippen LogP contribution in [0.3, 0.4) is 0 Å². The number of carboxylic acids is 1. The first-order valence-corrected chi connectivity index (χ1v) is 11.4. The number of aliphatic carboxylic acids is 1. The Morgan fingerprint density at radius 1 is 0.848 bits per heavy atom. The standard InChI is InChI=1S/C27H24N2O3S/c1-27(2,3)20-12-9-17(10-13-20)15-21(25(30)18-7-5-4-6-8-18)24(26(31)32)19-11-14-22-23(16-19)29-33-28-22/h4-14,16H,15H2,1-3H3,(H,31,32). The van der Waals surface area contributed by atoms with E-state index in [0.717, 1.165) is 17.3 Å². The van der Waals surface area contributed by atoms with Gasteiger partial charge in [-0.3, -0.25) is 4.79 Å². The molecule has 4 rings (SSSR count). The van der Waals surface area contributed by atoms with E-state index < -0.39 is 5.97 Å². The Morgan fingerprint density at radius 2 is 1.52 bits per heavy atom. The second-order valence-electron chi connectivity index (χ2n) is 8.95. The summed E-state index contributed by atoms with van der Waals surface area (Å²) in [5.74, 6) is -1.45. The Balaban J connectivity index is 1.86. The normalized spacial score (nSPS) is 12.5. The molecule has 0 spiro atoms. The van der Waals surface area contributed by atoms with Gasteiger partial charge in [0.1, 0.15) is 11.0 Å². The number of nitrogens with zero attached hydrogens (tertiary/aromatic N) is 2. The minimum atomic E-state index is -1.15. The lowest BCUT2D eigenvalue weighted by molar-refractivity contribution is -0.130. The number of carbonyl (C=O) groups excluding carboxylic acids is 1. The fourth-order valence-corrected chi connectivity index (χ4v) is 4.25. The van der Waals surface area contributed by atoms with Gasteiger partial charge in [0.15, 0.2) is 5.78 Å². The van der Waals surface area contributed by atoms with E-state index in [9.17, 15) is 14.7 Å². The first kappa shape index (κ1) is 22.6. The van der Waals surface area contributed by atoms with Crippen LogP contribution in [0.2, 0.25) is 0 Å². The lowest BCUT2D eigenvalue weighted by atomic mass is 9.85. The van der Waals surface area contributed by atoms with Crippen molar-refractivity contribution in [2.75, 3.05) is 0 Å². The molecule has 0 amide bonds. The van der Waals surface area contributed by atoms with Crippen molar-refractivity contribution in [1.29, 1.82) is 0 Å². The second kappa shape index (κ2) is 9.08. The largest absolute Gasteiger partial charge is 0.478 e. The Bertz CT molecular complexity index is 1350. The maximum Gasteiger partial charge on any atom is 0.336 e. The summed E-state index contributed by atoms with van der Waals surface area (Å²) in [5.41, 5.74) is 4.46. The van der Waals surface area contributed by atoms with Crippen LogP contribution in [0.15, 0.2) is 78.4 Å². The average molecular weight is 457 g/mol. The molecule has 6 heteroatoms. The zero-order chi connectivity index (χ0) is 23.6. The predicted molar refractivity (Wildman–Crippen MR) is 132 cm³/mol. The van der Waals surface area contributed by atoms with E-state index in [1.165, 1.54) is 5.56 Å². The van der Waals surface area contributed by atoms with Crippen molar-refractivity contribution in [3.8, 4) is 0 Å². The van der Waals surface area contributed by atoms with Crippen molar-refractivity contribution in [1.82, 2.24) is 8.75 Å². The molecule has 0 unspecified atom stereocenters. The average Bonchev–Trinajstić information content (AvgIpc) is 3.26. The number of hydrogen-bond acceptors (Lipinski definition) is 5. The number of aromatic nitrogens is 2.